The van der Waals surface area contributed by atoms with Crippen LogP contribution < -0.4 is 5.32 Å². The summed E-state index contributed by atoms with van der Waals surface area (Å²) >= 11 is 0. The lowest BCUT2D eigenvalue weighted by Crippen LogP contribution is -2.37. The monoisotopic (exact) mass is 210 g/mol. The Morgan fingerprint density at radius 3 is 2.60 bits per heavy atom. The minimum atomic E-state index is 0.264. The number of likely N-dealkylation sites (tertiary alicyclic amines) is 1. The molecule has 3 heteroatoms. The quantitative estimate of drug-likeness (QED) is 0.766. The maximum atomic E-state index is 11.8. The van der Waals surface area contributed by atoms with Gasteiger partial charge in [0.1, 0.15) is 0 Å². The number of hydrogen-bond donors (Lipinski definition) is 1. The lowest BCUT2D eigenvalue weighted by molar-refractivity contribution is -0.122. The smallest absolute Gasteiger partial charge is 0.221 e. The van der Waals surface area contributed by atoms with Gasteiger partial charge in [-0.3, -0.25) is 4.79 Å². The van der Waals surface area contributed by atoms with Crippen molar-refractivity contribution >= 4 is 5.91 Å². The van der Waals surface area contributed by atoms with E-state index in [9.17, 15) is 4.79 Å². The summed E-state index contributed by atoms with van der Waals surface area (Å²) in [6.45, 7) is 1.15. The summed E-state index contributed by atoms with van der Waals surface area (Å²) in [5, 5.41) is 3.16. The molecular formula is C12H22N2O. The van der Waals surface area contributed by atoms with Gasteiger partial charge in [-0.15, -0.1) is 0 Å². The van der Waals surface area contributed by atoms with Gasteiger partial charge in [0.05, 0.1) is 0 Å². The first-order valence-corrected chi connectivity index (χ1v) is 6.25. The van der Waals surface area contributed by atoms with Crippen molar-refractivity contribution in [3.8, 4) is 0 Å². The summed E-state index contributed by atoms with van der Waals surface area (Å²) < 4.78 is 0. The molecule has 86 valence electrons. The second-order valence-electron chi connectivity index (χ2n) is 5.03. The Morgan fingerprint density at radius 1 is 1.27 bits per heavy atom. The van der Waals surface area contributed by atoms with E-state index in [0.29, 0.717) is 18.5 Å². The van der Waals surface area contributed by atoms with Crippen LogP contribution in [0.2, 0.25) is 0 Å². The molecule has 1 atom stereocenters. The molecule has 1 aliphatic carbocycles. The number of amides is 1. The summed E-state index contributed by atoms with van der Waals surface area (Å²) in [5.74, 6) is 0.264. The number of rotatable bonds is 3. The van der Waals surface area contributed by atoms with E-state index in [-0.39, 0.29) is 5.91 Å². The fourth-order valence-electron chi connectivity index (χ4n) is 2.81. The fraction of sp³-hybridized carbons (Fsp3) is 0.917. The minimum Gasteiger partial charge on any atom is -0.353 e. The zero-order valence-electron chi connectivity index (χ0n) is 9.67. The average Bonchev–Trinajstić information content (AvgIpc) is 2.79. The van der Waals surface area contributed by atoms with Gasteiger partial charge in [0.2, 0.25) is 5.91 Å². The molecule has 1 amide bonds. The Bertz CT molecular complexity index is 224. The molecule has 0 aromatic carbocycles. The minimum absolute atomic E-state index is 0.264. The summed E-state index contributed by atoms with van der Waals surface area (Å²) in [6, 6.07) is 0.968. The average molecular weight is 210 g/mol. The van der Waals surface area contributed by atoms with E-state index in [4.69, 9.17) is 0 Å². The summed E-state index contributed by atoms with van der Waals surface area (Å²) in [6.07, 6.45) is 8.08. The normalized spacial score (nSPS) is 28.5. The van der Waals surface area contributed by atoms with E-state index in [1.54, 1.807) is 0 Å². The number of nitrogens with zero attached hydrogens (tertiary/aromatic N) is 1. The highest BCUT2D eigenvalue weighted by Crippen LogP contribution is 2.20. The molecule has 1 heterocycles. The Balaban J connectivity index is 1.71. The van der Waals surface area contributed by atoms with Crippen LogP contribution >= 0.6 is 0 Å². The van der Waals surface area contributed by atoms with E-state index in [1.807, 2.05) is 0 Å². The Labute approximate surface area is 92.2 Å². The highest BCUT2D eigenvalue weighted by atomic mass is 16.1. The van der Waals surface area contributed by atoms with Gasteiger partial charge in [-0.1, -0.05) is 12.8 Å². The van der Waals surface area contributed by atoms with Gasteiger partial charge in [-0.2, -0.15) is 0 Å². The molecule has 0 aromatic heterocycles. The zero-order valence-corrected chi connectivity index (χ0v) is 9.67. The van der Waals surface area contributed by atoms with Crippen LogP contribution in [0, 0.1) is 0 Å². The maximum Gasteiger partial charge on any atom is 0.221 e. The van der Waals surface area contributed by atoms with E-state index < -0.39 is 0 Å². The Kier molecular flexibility index (Phi) is 3.62. The number of carbonyl (C=O) groups excluding carboxylic acids is 1. The van der Waals surface area contributed by atoms with Crippen molar-refractivity contribution in [2.45, 2.75) is 57.0 Å². The van der Waals surface area contributed by atoms with Crippen LogP contribution in [-0.4, -0.2) is 36.5 Å². The van der Waals surface area contributed by atoms with E-state index in [0.717, 1.165) is 6.54 Å². The Morgan fingerprint density at radius 2 is 2.00 bits per heavy atom. The van der Waals surface area contributed by atoms with Crippen molar-refractivity contribution < 1.29 is 4.79 Å². The molecule has 1 N–H and O–H groups in total. The molecule has 2 rings (SSSR count). The highest BCUT2D eigenvalue weighted by Gasteiger charge is 2.25. The molecule has 0 spiro atoms. The molecule has 1 aliphatic heterocycles. The Hall–Kier alpha value is -0.570. The lowest BCUT2D eigenvalue weighted by Gasteiger charge is -2.20. The molecule has 0 radical (unpaired) electrons. The SMILES string of the molecule is CN1CCCC1CC(=O)NC1CCCC1. The van der Waals surface area contributed by atoms with Gasteiger partial charge in [-0.25, -0.2) is 0 Å². The third-order valence-corrected chi connectivity index (χ3v) is 3.81. The molecule has 1 unspecified atom stereocenters. The van der Waals surface area contributed by atoms with Crippen LogP contribution in [0.25, 0.3) is 0 Å². The van der Waals surface area contributed by atoms with Gasteiger partial charge < -0.3 is 10.2 Å². The van der Waals surface area contributed by atoms with Gasteiger partial charge in [-0.05, 0) is 39.3 Å². The zero-order chi connectivity index (χ0) is 10.7. The van der Waals surface area contributed by atoms with Gasteiger partial charge >= 0.3 is 0 Å². The number of carbonyl (C=O) groups is 1. The molecule has 2 fully saturated rings. The first kappa shape index (κ1) is 10.9. The summed E-state index contributed by atoms with van der Waals surface area (Å²) in [7, 11) is 2.13. The topological polar surface area (TPSA) is 32.3 Å². The van der Waals surface area contributed by atoms with E-state index >= 15 is 0 Å². The van der Waals surface area contributed by atoms with Crippen molar-refractivity contribution in [2.75, 3.05) is 13.6 Å². The van der Waals surface area contributed by atoms with Crippen molar-refractivity contribution in [3.05, 3.63) is 0 Å². The van der Waals surface area contributed by atoms with Crippen molar-refractivity contribution in [2.24, 2.45) is 0 Å². The van der Waals surface area contributed by atoms with Crippen LogP contribution in [0.1, 0.15) is 44.9 Å². The molecule has 1 saturated heterocycles. The van der Waals surface area contributed by atoms with Crippen LogP contribution in [0.4, 0.5) is 0 Å². The standard InChI is InChI=1S/C12H22N2O/c1-14-8-4-7-11(14)9-12(15)13-10-5-2-3-6-10/h10-11H,2-9H2,1H3,(H,13,15). The molecule has 0 bridgehead atoms. The molecular weight excluding hydrogens is 188 g/mol. The van der Waals surface area contributed by atoms with Crippen LogP contribution in [0.5, 0.6) is 0 Å². The molecule has 1 saturated carbocycles. The second-order valence-corrected chi connectivity index (χ2v) is 5.03. The number of nitrogens with one attached hydrogen (secondary N) is 1. The summed E-state index contributed by atoms with van der Waals surface area (Å²) in [5.41, 5.74) is 0. The third kappa shape index (κ3) is 2.94. The van der Waals surface area contributed by atoms with Gasteiger partial charge in [0.15, 0.2) is 0 Å². The van der Waals surface area contributed by atoms with Gasteiger partial charge in [0, 0.05) is 18.5 Å². The van der Waals surface area contributed by atoms with Crippen LogP contribution in [-0.2, 0) is 4.79 Å². The van der Waals surface area contributed by atoms with E-state index in [2.05, 4.69) is 17.3 Å². The van der Waals surface area contributed by atoms with Crippen molar-refractivity contribution in [3.63, 3.8) is 0 Å². The summed E-state index contributed by atoms with van der Waals surface area (Å²) in [4.78, 5) is 14.1. The predicted molar refractivity (Wildman–Crippen MR) is 60.7 cm³/mol. The van der Waals surface area contributed by atoms with Crippen molar-refractivity contribution in [1.29, 1.82) is 0 Å². The first-order valence-electron chi connectivity index (χ1n) is 6.25. The van der Waals surface area contributed by atoms with Crippen LogP contribution in [0.3, 0.4) is 0 Å². The molecule has 2 aliphatic rings. The molecule has 0 aromatic rings. The first-order chi connectivity index (χ1) is 7.25. The maximum absolute atomic E-state index is 11.8. The molecule has 3 nitrogen and oxygen atoms in total. The molecule has 15 heavy (non-hydrogen) atoms. The second kappa shape index (κ2) is 4.97. The van der Waals surface area contributed by atoms with E-state index in [1.165, 1.54) is 38.5 Å². The van der Waals surface area contributed by atoms with Crippen LogP contribution in [0.15, 0.2) is 0 Å². The predicted octanol–water partition coefficient (Wildman–Crippen LogP) is 1.53. The fourth-order valence-corrected chi connectivity index (χ4v) is 2.81. The lowest BCUT2D eigenvalue weighted by atomic mass is 10.1. The highest BCUT2D eigenvalue weighted by molar-refractivity contribution is 5.76. The van der Waals surface area contributed by atoms with Crippen molar-refractivity contribution in [1.82, 2.24) is 10.2 Å². The van der Waals surface area contributed by atoms with Gasteiger partial charge in [0.25, 0.3) is 0 Å². The largest absolute Gasteiger partial charge is 0.353 e. The number of hydrogen-bond acceptors (Lipinski definition) is 2. The third-order valence-electron chi connectivity index (χ3n) is 3.81.